The molecule has 0 amide bonds. The lowest BCUT2D eigenvalue weighted by atomic mass is 10.2. The Morgan fingerprint density at radius 1 is 1.45 bits per heavy atom. The van der Waals surface area contributed by atoms with Gasteiger partial charge in [-0.2, -0.15) is 5.26 Å². The van der Waals surface area contributed by atoms with Crippen LogP contribution in [0.2, 0.25) is 5.15 Å². The topological polar surface area (TPSA) is 78.7 Å². The SMILES string of the molecule is CCc1c(Cl)[nH]c(=O)n(-c2ccc(C#N)cc2F)c1=O. The monoisotopic (exact) mass is 293 g/mol. The first-order chi connectivity index (χ1) is 9.49. The molecule has 0 saturated heterocycles. The summed E-state index contributed by atoms with van der Waals surface area (Å²) in [6, 6.07) is 5.26. The molecule has 0 saturated carbocycles. The number of halogens is 2. The van der Waals surface area contributed by atoms with E-state index in [1.807, 2.05) is 0 Å². The fourth-order valence-corrected chi connectivity index (χ4v) is 2.12. The first-order valence-corrected chi connectivity index (χ1v) is 6.11. The van der Waals surface area contributed by atoms with E-state index in [4.69, 9.17) is 16.9 Å². The van der Waals surface area contributed by atoms with E-state index < -0.39 is 17.1 Å². The zero-order chi connectivity index (χ0) is 14.9. The van der Waals surface area contributed by atoms with Gasteiger partial charge in [-0.3, -0.25) is 9.78 Å². The van der Waals surface area contributed by atoms with Crippen molar-refractivity contribution in [2.24, 2.45) is 0 Å². The molecule has 0 aliphatic heterocycles. The highest BCUT2D eigenvalue weighted by Crippen LogP contribution is 2.13. The molecule has 0 aliphatic rings. The van der Waals surface area contributed by atoms with Gasteiger partial charge in [0.25, 0.3) is 5.56 Å². The highest BCUT2D eigenvalue weighted by Gasteiger charge is 2.15. The largest absolute Gasteiger partial charge is 0.334 e. The predicted molar refractivity (Wildman–Crippen MR) is 71.7 cm³/mol. The van der Waals surface area contributed by atoms with Crippen molar-refractivity contribution in [2.45, 2.75) is 13.3 Å². The number of hydrogen-bond acceptors (Lipinski definition) is 3. The van der Waals surface area contributed by atoms with Gasteiger partial charge in [0, 0.05) is 0 Å². The van der Waals surface area contributed by atoms with Gasteiger partial charge in [-0.15, -0.1) is 0 Å². The minimum atomic E-state index is -0.833. The molecule has 2 rings (SSSR count). The molecule has 1 aromatic carbocycles. The van der Waals surface area contributed by atoms with Gasteiger partial charge in [0.2, 0.25) is 0 Å². The number of aromatic amines is 1. The number of nitrogens with zero attached hydrogens (tertiary/aromatic N) is 2. The van der Waals surface area contributed by atoms with Crippen molar-refractivity contribution < 1.29 is 4.39 Å². The molecule has 0 radical (unpaired) electrons. The van der Waals surface area contributed by atoms with E-state index in [-0.39, 0.29) is 22.0 Å². The number of aromatic nitrogens is 2. The molecule has 102 valence electrons. The highest BCUT2D eigenvalue weighted by molar-refractivity contribution is 6.30. The third kappa shape index (κ3) is 2.24. The van der Waals surface area contributed by atoms with Gasteiger partial charge >= 0.3 is 5.69 Å². The second-order valence-corrected chi connectivity index (χ2v) is 4.37. The lowest BCUT2D eigenvalue weighted by molar-refractivity contribution is 0.611. The highest BCUT2D eigenvalue weighted by atomic mass is 35.5. The average Bonchev–Trinajstić information content (AvgIpc) is 2.40. The molecular weight excluding hydrogens is 285 g/mol. The molecule has 5 nitrogen and oxygen atoms in total. The smallest absolute Gasteiger partial charge is 0.297 e. The number of nitrogens with one attached hydrogen (secondary N) is 1. The Kier molecular flexibility index (Phi) is 3.72. The van der Waals surface area contributed by atoms with Crippen LogP contribution in [-0.2, 0) is 6.42 Å². The van der Waals surface area contributed by atoms with Crippen LogP contribution in [0, 0.1) is 17.1 Å². The Bertz CT molecular complexity index is 833. The van der Waals surface area contributed by atoms with E-state index in [0.29, 0.717) is 11.0 Å². The molecule has 0 atom stereocenters. The van der Waals surface area contributed by atoms with E-state index in [9.17, 15) is 14.0 Å². The van der Waals surface area contributed by atoms with E-state index >= 15 is 0 Å². The Balaban J connectivity index is 2.81. The van der Waals surface area contributed by atoms with Gasteiger partial charge < -0.3 is 0 Å². The van der Waals surface area contributed by atoms with Crippen molar-refractivity contribution in [3.63, 3.8) is 0 Å². The molecule has 1 heterocycles. The van der Waals surface area contributed by atoms with Gasteiger partial charge in [-0.25, -0.2) is 13.8 Å². The molecule has 1 aromatic heterocycles. The fraction of sp³-hybridized carbons (Fsp3) is 0.154. The van der Waals surface area contributed by atoms with Crippen molar-refractivity contribution in [2.75, 3.05) is 0 Å². The van der Waals surface area contributed by atoms with Gasteiger partial charge in [0.05, 0.1) is 22.9 Å². The first-order valence-electron chi connectivity index (χ1n) is 5.73. The van der Waals surface area contributed by atoms with Crippen LogP contribution >= 0.6 is 11.6 Å². The summed E-state index contributed by atoms with van der Waals surface area (Å²) in [4.78, 5) is 26.3. The van der Waals surface area contributed by atoms with Crippen molar-refractivity contribution in [3.8, 4) is 11.8 Å². The van der Waals surface area contributed by atoms with Crippen molar-refractivity contribution in [1.29, 1.82) is 5.26 Å². The molecular formula is C13H9ClFN3O2. The Morgan fingerprint density at radius 3 is 2.70 bits per heavy atom. The molecule has 0 bridgehead atoms. The Hall–Kier alpha value is -2.39. The van der Waals surface area contributed by atoms with Crippen molar-refractivity contribution >= 4 is 11.6 Å². The standard InChI is InChI=1S/C13H9ClFN3O2/c1-2-8-11(14)17-13(20)18(12(8)19)10-4-3-7(6-16)5-9(10)15/h3-5H,2H2,1H3,(H,17,20). The summed E-state index contributed by atoms with van der Waals surface area (Å²) in [5.41, 5.74) is -1.44. The lowest BCUT2D eigenvalue weighted by Crippen LogP contribution is -2.36. The zero-order valence-corrected chi connectivity index (χ0v) is 11.2. The zero-order valence-electron chi connectivity index (χ0n) is 10.4. The van der Waals surface area contributed by atoms with Crippen molar-refractivity contribution in [1.82, 2.24) is 9.55 Å². The average molecular weight is 294 g/mol. The van der Waals surface area contributed by atoms with Crippen LogP contribution in [0.3, 0.4) is 0 Å². The van der Waals surface area contributed by atoms with E-state index in [2.05, 4.69) is 4.98 Å². The van der Waals surface area contributed by atoms with E-state index in [1.54, 1.807) is 13.0 Å². The maximum atomic E-state index is 13.9. The minimum absolute atomic E-state index is 0.0483. The number of rotatable bonds is 2. The number of benzene rings is 1. The second-order valence-electron chi connectivity index (χ2n) is 3.99. The molecule has 2 aromatic rings. The third-order valence-corrected chi connectivity index (χ3v) is 3.14. The summed E-state index contributed by atoms with van der Waals surface area (Å²) in [5.74, 6) is -0.832. The molecule has 0 fully saturated rings. The Labute approximate surface area is 117 Å². The van der Waals surface area contributed by atoms with Gasteiger partial charge in [0.15, 0.2) is 0 Å². The van der Waals surface area contributed by atoms with Crippen LogP contribution in [0.4, 0.5) is 4.39 Å². The molecule has 20 heavy (non-hydrogen) atoms. The van der Waals surface area contributed by atoms with Crippen LogP contribution in [0.1, 0.15) is 18.1 Å². The summed E-state index contributed by atoms with van der Waals surface area (Å²) in [6.07, 6.45) is 0.298. The summed E-state index contributed by atoms with van der Waals surface area (Å²) < 4.78 is 14.6. The molecule has 0 aliphatic carbocycles. The van der Waals surface area contributed by atoms with Crippen molar-refractivity contribution in [3.05, 3.63) is 61.1 Å². The maximum absolute atomic E-state index is 13.9. The first kappa shape index (κ1) is 14.0. The van der Waals surface area contributed by atoms with E-state index in [1.165, 1.54) is 12.1 Å². The summed E-state index contributed by atoms with van der Waals surface area (Å²) in [5, 5.41) is 8.63. The number of H-pyrrole nitrogens is 1. The minimum Gasteiger partial charge on any atom is -0.297 e. The van der Waals surface area contributed by atoms with Gasteiger partial charge in [-0.05, 0) is 24.6 Å². The normalized spacial score (nSPS) is 10.3. The third-order valence-electron chi connectivity index (χ3n) is 2.82. The van der Waals surface area contributed by atoms with Gasteiger partial charge in [-0.1, -0.05) is 18.5 Å². The summed E-state index contributed by atoms with van der Waals surface area (Å²) in [6.45, 7) is 1.69. The predicted octanol–water partition coefficient (Wildman–Crippen LogP) is 1.75. The maximum Gasteiger partial charge on any atom is 0.334 e. The Morgan fingerprint density at radius 2 is 2.15 bits per heavy atom. The molecule has 7 heteroatoms. The number of nitriles is 1. The summed E-state index contributed by atoms with van der Waals surface area (Å²) >= 11 is 5.78. The van der Waals surface area contributed by atoms with Gasteiger partial charge in [0.1, 0.15) is 11.0 Å². The fourth-order valence-electron chi connectivity index (χ4n) is 1.83. The number of hydrogen-bond donors (Lipinski definition) is 1. The molecule has 1 N–H and O–H groups in total. The summed E-state index contributed by atoms with van der Waals surface area (Å²) in [7, 11) is 0. The van der Waals surface area contributed by atoms with Crippen LogP contribution in [0.5, 0.6) is 0 Å². The van der Waals surface area contributed by atoms with Crippen LogP contribution < -0.4 is 11.2 Å². The second kappa shape index (κ2) is 5.31. The van der Waals surface area contributed by atoms with Crippen LogP contribution in [0.25, 0.3) is 5.69 Å². The van der Waals surface area contributed by atoms with E-state index in [0.717, 1.165) is 6.07 Å². The van der Waals surface area contributed by atoms with Crippen LogP contribution in [-0.4, -0.2) is 9.55 Å². The molecule has 0 unspecified atom stereocenters. The molecule has 0 spiro atoms. The quantitative estimate of drug-likeness (QED) is 0.857. The lowest BCUT2D eigenvalue weighted by Gasteiger charge is -2.08. The van der Waals surface area contributed by atoms with Crippen LogP contribution in [0.15, 0.2) is 27.8 Å².